The molecule has 0 saturated heterocycles. The largest absolute Gasteiger partial charge is 0.267 e. The van der Waals surface area contributed by atoms with Crippen molar-refractivity contribution < 1.29 is 0 Å². The van der Waals surface area contributed by atoms with Gasteiger partial charge in [0.05, 0.1) is 16.6 Å². The Hall–Kier alpha value is -13.3. The SMILES string of the molecule is Cc1cc(C)c(B(c2c(C)cc(C)cc2C)c2cc3c(ncc4ccc5ccccc5c43)c3ccccc23)c(C)c1.Cc1cc(C)c(B(c2c(C)cc(C)cc2C)c2nc3c4ccccc4ccc3c3c2ccc2ccccc23)c(C)c1.Cc1ccc(B(c2ccc3c(ccc4cnc5c6ccccc6ccc5c43)c2)c2c(C)cc(C)cc2C)c(C)c1. The van der Waals surface area contributed by atoms with E-state index in [2.05, 4.69) is 409 Å². The fraction of sp³-hybridized carbons (Fsp3) is 0.147. The Kier molecular flexibility index (Phi) is 20.2. The Morgan fingerprint density at radius 2 is 0.516 bits per heavy atom. The molecule has 0 unspecified atom stereocenters. The molecule has 0 aliphatic carbocycles. The molecule has 3 heterocycles. The van der Waals surface area contributed by atoms with Gasteiger partial charge < -0.3 is 0 Å². The van der Waals surface area contributed by atoms with Gasteiger partial charge >= 0.3 is 0 Å². The van der Waals surface area contributed by atoms with Crippen molar-refractivity contribution in [3.63, 3.8) is 0 Å². The molecular formula is C116H100B3N3. The Morgan fingerprint density at radius 3 is 0.992 bits per heavy atom. The van der Waals surface area contributed by atoms with Gasteiger partial charge in [0.15, 0.2) is 0 Å². The minimum Gasteiger partial charge on any atom is -0.261 e. The van der Waals surface area contributed by atoms with Crippen LogP contribution in [-0.4, -0.2) is 35.1 Å². The third-order valence-electron chi connectivity index (χ3n) is 26.6. The number of aromatic nitrogens is 3. The van der Waals surface area contributed by atoms with Gasteiger partial charge in [0, 0.05) is 71.8 Å². The van der Waals surface area contributed by atoms with Crippen molar-refractivity contribution in [2.24, 2.45) is 0 Å². The van der Waals surface area contributed by atoms with E-state index < -0.39 is 0 Å². The van der Waals surface area contributed by atoms with Gasteiger partial charge in [-0.3, -0.25) is 15.0 Å². The monoisotopic (exact) mass is 1570 g/mol. The number of benzene rings is 18. The molecule has 0 aliphatic rings. The van der Waals surface area contributed by atoms with Gasteiger partial charge in [-0.25, -0.2) is 0 Å². The predicted molar refractivity (Wildman–Crippen MR) is 536 cm³/mol. The number of pyridine rings is 3. The van der Waals surface area contributed by atoms with E-state index in [-0.39, 0.29) is 20.1 Å². The molecule has 0 radical (unpaired) electrons. The van der Waals surface area contributed by atoms with Crippen LogP contribution in [0.4, 0.5) is 0 Å². The van der Waals surface area contributed by atoms with Gasteiger partial charge in [-0.05, 0) is 177 Å². The van der Waals surface area contributed by atoms with Crippen LogP contribution in [0.3, 0.4) is 0 Å². The molecule has 588 valence electrons. The van der Waals surface area contributed by atoms with Crippen LogP contribution in [0.5, 0.6) is 0 Å². The molecule has 122 heavy (non-hydrogen) atoms. The van der Waals surface area contributed by atoms with E-state index in [0.717, 1.165) is 22.1 Å². The van der Waals surface area contributed by atoms with Crippen LogP contribution in [0.2, 0.25) is 0 Å². The lowest BCUT2D eigenvalue weighted by molar-refractivity contribution is 1.33. The maximum absolute atomic E-state index is 5.70. The van der Waals surface area contributed by atoms with Crippen molar-refractivity contribution in [1.82, 2.24) is 15.0 Å². The van der Waals surface area contributed by atoms with Crippen molar-refractivity contribution in [3.05, 3.63) is 392 Å². The highest BCUT2D eigenvalue weighted by atomic mass is 14.7. The fourth-order valence-electron chi connectivity index (χ4n) is 22.0. The normalized spacial score (nSPS) is 11.6. The van der Waals surface area contributed by atoms with E-state index in [1.165, 1.54) is 251 Å². The second-order valence-electron chi connectivity index (χ2n) is 35.5. The first-order valence-corrected chi connectivity index (χ1v) is 43.4. The summed E-state index contributed by atoms with van der Waals surface area (Å²) in [7, 11) is 0. The number of aryl methyl sites for hydroxylation is 17. The maximum Gasteiger partial charge on any atom is 0.267 e. The zero-order valence-corrected chi connectivity index (χ0v) is 73.4. The summed E-state index contributed by atoms with van der Waals surface area (Å²) in [5.74, 6) is 0. The summed E-state index contributed by atoms with van der Waals surface area (Å²) >= 11 is 0. The fourth-order valence-corrected chi connectivity index (χ4v) is 22.0. The average Bonchev–Trinajstić information content (AvgIpc) is 0.717. The summed E-state index contributed by atoms with van der Waals surface area (Å²) in [5, 5.41) is 26.1. The van der Waals surface area contributed by atoms with Crippen molar-refractivity contribution >= 4 is 199 Å². The molecule has 0 fully saturated rings. The van der Waals surface area contributed by atoms with E-state index in [9.17, 15) is 0 Å². The Bertz CT molecular complexity index is 7720. The summed E-state index contributed by atoms with van der Waals surface area (Å²) in [4.78, 5) is 15.7. The van der Waals surface area contributed by atoms with E-state index in [1.54, 1.807) is 0 Å². The third kappa shape index (κ3) is 13.7. The lowest BCUT2D eigenvalue weighted by Crippen LogP contribution is -2.57. The number of hydrogen-bond donors (Lipinski definition) is 0. The summed E-state index contributed by atoms with van der Waals surface area (Å²) in [6.07, 6.45) is 4.09. The smallest absolute Gasteiger partial charge is 0.261 e. The minimum atomic E-state index is 0.00299. The molecule has 0 amide bonds. The average molecular weight is 1570 g/mol. The molecule has 0 bridgehead atoms. The summed E-state index contributed by atoms with van der Waals surface area (Å²) in [6.45, 7) is 38.5. The molecule has 0 aliphatic heterocycles. The number of rotatable bonds is 9. The summed E-state index contributed by atoms with van der Waals surface area (Å²) < 4.78 is 0. The summed E-state index contributed by atoms with van der Waals surface area (Å²) in [5.41, 5.74) is 37.9. The molecule has 3 nitrogen and oxygen atoms in total. The van der Waals surface area contributed by atoms with Gasteiger partial charge in [-0.2, -0.15) is 0 Å². The van der Waals surface area contributed by atoms with Gasteiger partial charge in [0.25, 0.3) is 6.71 Å². The van der Waals surface area contributed by atoms with E-state index in [1.807, 2.05) is 6.20 Å². The van der Waals surface area contributed by atoms with E-state index in [4.69, 9.17) is 15.0 Å². The van der Waals surface area contributed by atoms with Crippen LogP contribution in [0.1, 0.15) is 94.6 Å². The molecule has 0 N–H and O–H groups in total. The van der Waals surface area contributed by atoms with Crippen molar-refractivity contribution in [3.8, 4) is 0 Å². The maximum atomic E-state index is 5.70. The lowest BCUT2D eigenvalue weighted by Gasteiger charge is -2.26. The number of nitrogens with zero attached hydrogens (tertiary/aromatic N) is 3. The lowest BCUT2D eigenvalue weighted by atomic mass is 9.33. The minimum absolute atomic E-state index is 0.00299. The van der Waals surface area contributed by atoms with Crippen LogP contribution in [0.25, 0.3) is 130 Å². The molecule has 3 aromatic heterocycles. The topological polar surface area (TPSA) is 38.7 Å². The molecule has 0 atom stereocenters. The number of fused-ring (bicyclic) bond motifs is 21. The second kappa shape index (κ2) is 31.4. The van der Waals surface area contributed by atoms with Gasteiger partial charge in [0.1, 0.15) is 0 Å². The van der Waals surface area contributed by atoms with Gasteiger partial charge in [-0.15, -0.1) is 0 Å². The van der Waals surface area contributed by atoms with Crippen molar-refractivity contribution in [2.75, 3.05) is 0 Å². The van der Waals surface area contributed by atoms with Gasteiger partial charge in [0.2, 0.25) is 13.4 Å². The predicted octanol–water partition coefficient (Wildman–Crippen LogP) is 23.9. The van der Waals surface area contributed by atoms with Crippen LogP contribution in [0, 0.1) is 118 Å². The molecule has 6 heteroatoms. The van der Waals surface area contributed by atoms with Crippen LogP contribution >= 0.6 is 0 Å². The molecule has 18 aromatic carbocycles. The standard InChI is InChI=1S/2C39H34BN.C38H32BN/c1-23-19-25(3)36(26(4)20-23)40(37-27(5)21-24(2)22-28(37)6)39-34-18-16-29-11-7-9-13-31(29)35(34)33-17-15-30-12-8-10-14-32(30)38(33)41-39;1-23-17-25(3)37(26(4)18-23)40(38-27(5)19-24(2)20-28(38)6)35-21-34-36-30(16-15-29-11-7-8-12-31(29)36)22-41-39(34)33-14-10-9-13-32(33)35;1-23-10-17-35(25(3)18-23)39(37-26(4)19-24(2)20-27(37)5)31-14-16-32-29(21-31)11-12-30-22-40-38-33-9-7-6-8-28(33)13-15-34(38)36(30)32/h2*7-22H,1-6H3;6-22H,1-5H3. The Morgan fingerprint density at radius 1 is 0.189 bits per heavy atom. The van der Waals surface area contributed by atoms with Gasteiger partial charge in [-0.1, -0.05) is 423 Å². The molecule has 0 spiro atoms. The first-order chi connectivity index (χ1) is 59.0. The Balaban J connectivity index is 0.000000121. The Labute approximate surface area is 718 Å². The van der Waals surface area contributed by atoms with Crippen LogP contribution in [0.15, 0.2) is 298 Å². The zero-order valence-electron chi connectivity index (χ0n) is 73.4. The molecule has 0 saturated carbocycles. The molecular weight excluding hydrogens is 1470 g/mol. The van der Waals surface area contributed by atoms with E-state index in [0.29, 0.717) is 0 Å². The van der Waals surface area contributed by atoms with Crippen LogP contribution < -0.4 is 49.3 Å². The van der Waals surface area contributed by atoms with E-state index >= 15 is 0 Å². The highest BCUT2D eigenvalue weighted by molar-refractivity contribution is 6.99. The molecule has 21 aromatic rings. The summed E-state index contributed by atoms with van der Waals surface area (Å²) in [6, 6.07) is 106. The highest BCUT2D eigenvalue weighted by Crippen LogP contribution is 2.39. The zero-order chi connectivity index (χ0) is 84.4. The second-order valence-corrected chi connectivity index (χ2v) is 35.5. The first kappa shape index (κ1) is 78.6. The third-order valence-corrected chi connectivity index (χ3v) is 26.6. The van der Waals surface area contributed by atoms with Crippen LogP contribution in [-0.2, 0) is 0 Å². The molecule has 21 rings (SSSR count). The quantitative estimate of drug-likeness (QED) is 0.107. The first-order valence-electron chi connectivity index (χ1n) is 43.4. The van der Waals surface area contributed by atoms with Crippen molar-refractivity contribution in [1.29, 1.82) is 0 Å². The van der Waals surface area contributed by atoms with Crippen molar-refractivity contribution in [2.45, 2.75) is 118 Å². The number of hydrogen-bond acceptors (Lipinski definition) is 3. The highest BCUT2D eigenvalue weighted by Gasteiger charge is 2.35.